The Morgan fingerprint density at radius 3 is 2.79 bits per heavy atom. The van der Waals surface area contributed by atoms with Crippen LogP contribution in [0.1, 0.15) is 17.5 Å². The highest BCUT2D eigenvalue weighted by atomic mass is 16.5. The Morgan fingerprint density at radius 1 is 1.71 bits per heavy atom. The average molecular weight is 198 g/mol. The molecule has 1 rings (SSSR count). The van der Waals surface area contributed by atoms with Gasteiger partial charge < -0.3 is 19.4 Å². The number of ether oxygens (including phenoxy) is 1. The molecule has 0 atom stereocenters. The van der Waals surface area contributed by atoms with Crippen LogP contribution in [0, 0.1) is 0 Å². The van der Waals surface area contributed by atoms with E-state index in [-0.39, 0.29) is 18.0 Å². The predicted octanol–water partition coefficient (Wildman–Crippen LogP) is -1.72. The Hall–Kier alpha value is -1.34. The third-order valence-electron chi connectivity index (χ3n) is 1.75. The summed E-state index contributed by atoms with van der Waals surface area (Å²) in [5.41, 5.74) is 0.146. The van der Waals surface area contributed by atoms with Crippen molar-refractivity contribution in [3.63, 3.8) is 0 Å². The fraction of sp³-hybridized carbons (Fsp3) is 0.429. The highest BCUT2D eigenvalue weighted by Gasteiger charge is 2.21. The fourth-order valence-corrected chi connectivity index (χ4v) is 1.05. The van der Waals surface area contributed by atoms with E-state index in [1.807, 2.05) is 0 Å². The molecule has 0 fully saturated rings. The van der Waals surface area contributed by atoms with Crippen molar-refractivity contribution in [3.8, 4) is 0 Å². The van der Waals surface area contributed by atoms with Gasteiger partial charge in [-0.15, -0.1) is 0 Å². The molecule has 2 N–H and O–H groups in total. The van der Waals surface area contributed by atoms with Crippen LogP contribution < -0.4 is 5.59 Å². The maximum atomic E-state index is 11.2. The quantitative estimate of drug-likeness (QED) is 0.445. The number of aromatic nitrogens is 2. The van der Waals surface area contributed by atoms with Gasteiger partial charge in [0, 0.05) is 13.2 Å². The minimum atomic E-state index is -1.64. The number of carbonyl (C=O) groups is 1. The Balaban J connectivity index is 2.95. The maximum Gasteiger partial charge on any atom is 0.507 e. The molecule has 1 heterocycles. The van der Waals surface area contributed by atoms with E-state index >= 15 is 0 Å². The van der Waals surface area contributed by atoms with Gasteiger partial charge in [0.25, 0.3) is 0 Å². The average Bonchev–Trinajstić information content (AvgIpc) is 2.47. The lowest BCUT2D eigenvalue weighted by Gasteiger charge is -2.03. The monoisotopic (exact) mass is 198 g/mol. The summed E-state index contributed by atoms with van der Waals surface area (Å²) in [5, 5.41) is 17.7. The lowest BCUT2D eigenvalue weighted by Crippen LogP contribution is -2.36. The highest BCUT2D eigenvalue weighted by molar-refractivity contribution is 6.57. The van der Waals surface area contributed by atoms with Gasteiger partial charge in [0.05, 0.1) is 12.2 Å². The molecule has 14 heavy (non-hydrogen) atoms. The number of rotatable bonds is 3. The van der Waals surface area contributed by atoms with Crippen LogP contribution >= 0.6 is 0 Å². The number of hydrogen-bond acceptors (Lipinski definition) is 5. The van der Waals surface area contributed by atoms with Crippen LogP contribution in [0.5, 0.6) is 0 Å². The Kier molecular flexibility index (Phi) is 3.26. The molecule has 1 aromatic heterocycles. The Labute approximate surface area is 81.3 Å². The predicted molar refractivity (Wildman–Crippen MR) is 49.0 cm³/mol. The van der Waals surface area contributed by atoms with Crippen LogP contribution in [0.4, 0.5) is 0 Å². The summed E-state index contributed by atoms with van der Waals surface area (Å²) in [5.74, 6) is -0.531. The minimum absolute atomic E-state index is 0.0509. The van der Waals surface area contributed by atoms with E-state index in [0.717, 1.165) is 0 Å². The van der Waals surface area contributed by atoms with Gasteiger partial charge in [-0.1, -0.05) is 0 Å². The normalized spacial score (nSPS) is 10.0. The standard InChI is InChI=1S/C7H11BN2O4/c1-3-14-7(11)6-9-4-5(8(12)13)10(6)2/h4,12-13H,3H2,1-2H3. The van der Waals surface area contributed by atoms with E-state index in [4.69, 9.17) is 14.8 Å². The van der Waals surface area contributed by atoms with Crippen molar-refractivity contribution >= 4 is 18.7 Å². The summed E-state index contributed by atoms with van der Waals surface area (Å²) in [7, 11) is -0.135. The van der Waals surface area contributed by atoms with E-state index in [1.165, 1.54) is 17.8 Å². The molecule has 0 radical (unpaired) electrons. The first-order valence-electron chi connectivity index (χ1n) is 4.12. The Bertz CT molecular complexity index is 336. The maximum absolute atomic E-state index is 11.2. The molecule has 0 aliphatic carbocycles. The molecule has 0 aliphatic rings. The van der Waals surface area contributed by atoms with E-state index in [2.05, 4.69) is 4.98 Å². The third-order valence-corrected chi connectivity index (χ3v) is 1.75. The van der Waals surface area contributed by atoms with Gasteiger partial charge in [0.15, 0.2) is 0 Å². The summed E-state index contributed by atoms with van der Waals surface area (Å²) < 4.78 is 6.00. The number of esters is 1. The molecule has 76 valence electrons. The van der Waals surface area contributed by atoms with E-state index in [0.29, 0.717) is 0 Å². The van der Waals surface area contributed by atoms with Gasteiger partial charge in [0.1, 0.15) is 0 Å². The second-order valence-corrected chi connectivity index (χ2v) is 2.66. The van der Waals surface area contributed by atoms with Crippen molar-refractivity contribution in [3.05, 3.63) is 12.0 Å². The second-order valence-electron chi connectivity index (χ2n) is 2.66. The molecular weight excluding hydrogens is 187 g/mol. The summed E-state index contributed by atoms with van der Waals surface area (Å²) in [6.45, 7) is 1.94. The zero-order valence-electron chi connectivity index (χ0n) is 7.97. The van der Waals surface area contributed by atoms with Crippen LogP contribution in [0.25, 0.3) is 0 Å². The van der Waals surface area contributed by atoms with Crippen LogP contribution in [0.2, 0.25) is 0 Å². The number of nitrogens with zero attached hydrogens (tertiary/aromatic N) is 2. The zero-order chi connectivity index (χ0) is 10.7. The molecule has 0 bridgehead atoms. The minimum Gasteiger partial charge on any atom is -0.460 e. The SMILES string of the molecule is CCOC(=O)c1ncc(B(O)O)n1C. The number of imidazole rings is 1. The van der Waals surface area contributed by atoms with Crippen molar-refractivity contribution in [2.24, 2.45) is 7.05 Å². The summed E-state index contributed by atoms with van der Waals surface area (Å²) >= 11 is 0. The van der Waals surface area contributed by atoms with Gasteiger partial charge >= 0.3 is 13.1 Å². The van der Waals surface area contributed by atoms with Crippen LogP contribution in [0.15, 0.2) is 6.20 Å². The molecule has 1 aromatic rings. The summed E-state index contributed by atoms with van der Waals surface area (Å²) in [6, 6.07) is 0. The first kappa shape index (κ1) is 10.7. The highest BCUT2D eigenvalue weighted by Crippen LogP contribution is 1.96. The van der Waals surface area contributed by atoms with Gasteiger partial charge in [-0.05, 0) is 6.92 Å². The molecule has 6 nitrogen and oxygen atoms in total. The largest absolute Gasteiger partial charge is 0.507 e. The molecule has 0 unspecified atom stereocenters. The van der Waals surface area contributed by atoms with Crippen molar-refractivity contribution in [1.29, 1.82) is 0 Å². The van der Waals surface area contributed by atoms with E-state index in [9.17, 15) is 4.79 Å². The first-order chi connectivity index (χ1) is 6.57. The van der Waals surface area contributed by atoms with Crippen molar-refractivity contribution < 1.29 is 19.6 Å². The van der Waals surface area contributed by atoms with Gasteiger partial charge in [0.2, 0.25) is 5.82 Å². The van der Waals surface area contributed by atoms with Crippen LogP contribution in [-0.4, -0.2) is 39.3 Å². The van der Waals surface area contributed by atoms with Gasteiger partial charge in [-0.3, -0.25) is 0 Å². The summed E-state index contributed by atoms with van der Waals surface area (Å²) in [4.78, 5) is 15.0. The third kappa shape index (κ3) is 1.94. The van der Waals surface area contributed by atoms with E-state index < -0.39 is 13.1 Å². The molecule has 0 aromatic carbocycles. The molecule has 0 aliphatic heterocycles. The Morgan fingerprint density at radius 2 is 2.36 bits per heavy atom. The number of carbonyl (C=O) groups excluding carboxylic acids is 1. The second kappa shape index (κ2) is 4.25. The molecular formula is C7H11BN2O4. The van der Waals surface area contributed by atoms with Gasteiger partial charge in [-0.2, -0.15) is 0 Å². The molecule has 0 saturated carbocycles. The first-order valence-corrected chi connectivity index (χ1v) is 4.12. The zero-order valence-corrected chi connectivity index (χ0v) is 7.97. The lowest BCUT2D eigenvalue weighted by atomic mass is 9.87. The van der Waals surface area contributed by atoms with Crippen molar-refractivity contribution in [2.45, 2.75) is 6.92 Å². The topological polar surface area (TPSA) is 84.6 Å². The smallest absolute Gasteiger partial charge is 0.460 e. The summed E-state index contributed by atoms with van der Waals surface area (Å²) in [6.07, 6.45) is 1.22. The van der Waals surface area contributed by atoms with Crippen molar-refractivity contribution in [2.75, 3.05) is 6.61 Å². The fourth-order valence-electron chi connectivity index (χ4n) is 1.05. The molecule has 0 spiro atoms. The lowest BCUT2D eigenvalue weighted by molar-refractivity contribution is 0.0508. The van der Waals surface area contributed by atoms with Crippen molar-refractivity contribution in [1.82, 2.24) is 9.55 Å². The number of hydrogen-bond donors (Lipinski definition) is 2. The van der Waals surface area contributed by atoms with Crippen LogP contribution in [0.3, 0.4) is 0 Å². The molecule has 7 heteroatoms. The molecule has 0 amide bonds. The molecule has 0 saturated heterocycles. The van der Waals surface area contributed by atoms with E-state index in [1.54, 1.807) is 6.92 Å². The van der Waals surface area contributed by atoms with Gasteiger partial charge in [-0.25, -0.2) is 9.78 Å². The van der Waals surface area contributed by atoms with Crippen LogP contribution in [-0.2, 0) is 11.8 Å².